The predicted molar refractivity (Wildman–Crippen MR) is 136 cm³/mol. The van der Waals surface area contributed by atoms with E-state index in [0.717, 1.165) is 49.4 Å². The maximum atomic E-state index is 12.8. The summed E-state index contributed by atoms with van der Waals surface area (Å²) in [4.78, 5) is 22.1. The molecule has 2 aromatic carbocycles. The summed E-state index contributed by atoms with van der Waals surface area (Å²) in [7, 11) is 0. The molecule has 3 heterocycles. The van der Waals surface area contributed by atoms with Crippen LogP contribution in [-0.2, 0) is 6.54 Å². The van der Waals surface area contributed by atoms with Gasteiger partial charge in [0.05, 0.1) is 11.8 Å². The minimum atomic E-state index is -0.172. The Labute approximate surface area is 200 Å². The summed E-state index contributed by atoms with van der Waals surface area (Å²) in [6, 6.07) is 20.8. The number of rotatable bonds is 6. The summed E-state index contributed by atoms with van der Waals surface area (Å²) in [5, 5.41) is 8.22. The molecule has 0 atom stereocenters. The summed E-state index contributed by atoms with van der Waals surface area (Å²) >= 11 is 0. The van der Waals surface area contributed by atoms with Gasteiger partial charge >= 0.3 is 0 Å². The van der Waals surface area contributed by atoms with Crippen LogP contribution in [0.1, 0.15) is 35.8 Å². The number of amides is 1. The molecule has 34 heavy (non-hydrogen) atoms. The maximum absolute atomic E-state index is 12.8. The average molecular weight is 455 g/mol. The van der Waals surface area contributed by atoms with E-state index in [2.05, 4.69) is 81.5 Å². The fourth-order valence-electron chi connectivity index (χ4n) is 4.41. The number of carbonyl (C=O) groups is 1. The summed E-state index contributed by atoms with van der Waals surface area (Å²) in [6.45, 7) is 9.18. The standard InChI is InChI=1S/C27H30N6O/c1-20(2)33-26-22(18-29-33)16-23(17-28-26)27(34)30-24-8-10-25(11-9-24)32-14-12-31(13-15-32)19-21-6-4-3-5-7-21/h3-11,16-18,20H,12-15,19H2,1-2H3,(H,30,34). The second-order valence-electron chi connectivity index (χ2n) is 9.07. The lowest BCUT2D eigenvalue weighted by atomic mass is 10.2. The molecule has 0 saturated carbocycles. The Bertz CT molecular complexity index is 1260. The number of nitrogens with one attached hydrogen (secondary N) is 1. The van der Waals surface area contributed by atoms with E-state index in [0.29, 0.717) is 5.56 Å². The maximum Gasteiger partial charge on any atom is 0.257 e. The first kappa shape index (κ1) is 22.1. The van der Waals surface area contributed by atoms with Gasteiger partial charge in [-0.25, -0.2) is 9.67 Å². The molecular weight excluding hydrogens is 424 g/mol. The highest BCUT2D eigenvalue weighted by Gasteiger charge is 2.18. The first-order valence-corrected chi connectivity index (χ1v) is 11.8. The topological polar surface area (TPSA) is 66.3 Å². The molecular formula is C27H30N6O. The van der Waals surface area contributed by atoms with Crippen molar-refractivity contribution < 1.29 is 4.79 Å². The highest BCUT2D eigenvalue weighted by atomic mass is 16.1. The van der Waals surface area contributed by atoms with Crippen LogP contribution in [0.4, 0.5) is 11.4 Å². The van der Waals surface area contributed by atoms with E-state index in [-0.39, 0.29) is 11.9 Å². The first-order valence-electron chi connectivity index (χ1n) is 11.8. The molecule has 1 N–H and O–H groups in total. The molecule has 0 bridgehead atoms. The Morgan fingerprint density at radius 1 is 0.971 bits per heavy atom. The van der Waals surface area contributed by atoms with Gasteiger partial charge in [-0.1, -0.05) is 30.3 Å². The molecule has 4 aromatic rings. The van der Waals surface area contributed by atoms with Crippen LogP contribution < -0.4 is 10.2 Å². The van der Waals surface area contributed by atoms with E-state index in [1.165, 1.54) is 11.3 Å². The zero-order valence-electron chi connectivity index (χ0n) is 19.7. The number of piperazine rings is 1. The molecule has 1 fully saturated rings. The van der Waals surface area contributed by atoms with E-state index in [9.17, 15) is 4.79 Å². The normalized spacial score (nSPS) is 14.6. The van der Waals surface area contributed by atoms with Crippen molar-refractivity contribution in [2.45, 2.75) is 26.4 Å². The number of pyridine rings is 1. The van der Waals surface area contributed by atoms with E-state index >= 15 is 0 Å². The van der Waals surface area contributed by atoms with Crippen LogP contribution in [0, 0.1) is 0 Å². The minimum Gasteiger partial charge on any atom is -0.369 e. The molecule has 7 nitrogen and oxygen atoms in total. The Kier molecular flexibility index (Phi) is 6.27. The van der Waals surface area contributed by atoms with Crippen LogP contribution in [-0.4, -0.2) is 51.8 Å². The van der Waals surface area contributed by atoms with Crippen LogP contribution in [0.25, 0.3) is 11.0 Å². The lowest BCUT2D eigenvalue weighted by Crippen LogP contribution is -2.45. The lowest BCUT2D eigenvalue weighted by molar-refractivity contribution is 0.102. The van der Waals surface area contributed by atoms with Gasteiger partial charge in [-0.15, -0.1) is 0 Å². The number of anilines is 2. The van der Waals surface area contributed by atoms with Crippen molar-refractivity contribution in [1.82, 2.24) is 19.7 Å². The quantitative estimate of drug-likeness (QED) is 0.462. The SMILES string of the molecule is CC(C)n1ncc2cc(C(=O)Nc3ccc(N4CCN(Cc5ccccc5)CC4)cc3)cnc21. The van der Waals surface area contributed by atoms with Crippen molar-refractivity contribution in [3.63, 3.8) is 0 Å². The fraction of sp³-hybridized carbons (Fsp3) is 0.296. The molecule has 7 heteroatoms. The highest BCUT2D eigenvalue weighted by Crippen LogP contribution is 2.22. The van der Waals surface area contributed by atoms with Crippen LogP contribution in [0.2, 0.25) is 0 Å². The number of aromatic nitrogens is 3. The van der Waals surface area contributed by atoms with Gasteiger partial charge in [-0.2, -0.15) is 5.10 Å². The van der Waals surface area contributed by atoms with Crippen molar-refractivity contribution in [3.8, 4) is 0 Å². The van der Waals surface area contributed by atoms with Gasteiger partial charge in [-0.3, -0.25) is 9.69 Å². The van der Waals surface area contributed by atoms with Gasteiger partial charge < -0.3 is 10.2 Å². The first-order chi connectivity index (χ1) is 16.6. The second kappa shape index (κ2) is 9.65. The number of carbonyl (C=O) groups excluding carboxylic acids is 1. The number of benzene rings is 2. The monoisotopic (exact) mass is 454 g/mol. The summed E-state index contributed by atoms with van der Waals surface area (Å²) in [5.74, 6) is -0.172. The third-order valence-electron chi connectivity index (χ3n) is 6.30. The number of hydrogen-bond donors (Lipinski definition) is 1. The highest BCUT2D eigenvalue weighted by molar-refractivity contribution is 6.05. The zero-order valence-corrected chi connectivity index (χ0v) is 19.7. The van der Waals surface area contributed by atoms with Gasteiger partial charge in [-0.05, 0) is 49.7 Å². The molecule has 174 valence electrons. The Hall–Kier alpha value is -3.71. The van der Waals surface area contributed by atoms with Crippen LogP contribution in [0.3, 0.4) is 0 Å². The molecule has 1 aliphatic heterocycles. The number of hydrogen-bond acceptors (Lipinski definition) is 5. The molecule has 0 unspecified atom stereocenters. The molecule has 0 aliphatic carbocycles. The Morgan fingerprint density at radius 2 is 1.71 bits per heavy atom. The van der Waals surface area contributed by atoms with Gasteiger partial charge in [0.25, 0.3) is 5.91 Å². The third kappa shape index (κ3) is 4.79. The van der Waals surface area contributed by atoms with Crippen molar-refractivity contribution in [2.75, 3.05) is 36.4 Å². The van der Waals surface area contributed by atoms with Crippen molar-refractivity contribution >= 4 is 28.3 Å². The molecule has 0 spiro atoms. The van der Waals surface area contributed by atoms with Crippen LogP contribution >= 0.6 is 0 Å². The smallest absolute Gasteiger partial charge is 0.257 e. The molecule has 5 rings (SSSR count). The molecule has 2 aromatic heterocycles. The Balaban J connectivity index is 1.18. The molecule has 1 aliphatic rings. The van der Waals surface area contributed by atoms with Gasteiger partial charge in [0.15, 0.2) is 5.65 Å². The minimum absolute atomic E-state index is 0.172. The predicted octanol–water partition coefficient (Wildman–Crippen LogP) is 4.59. The van der Waals surface area contributed by atoms with E-state index < -0.39 is 0 Å². The number of fused-ring (bicyclic) bond motifs is 1. The van der Waals surface area contributed by atoms with E-state index in [1.54, 1.807) is 12.4 Å². The van der Waals surface area contributed by atoms with Crippen LogP contribution in [0.5, 0.6) is 0 Å². The molecule has 1 amide bonds. The Morgan fingerprint density at radius 3 is 2.41 bits per heavy atom. The van der Waals surface area contributed by atoms with Gasteiger partial charge in [0.2, 0.25) is 0 Å². The van der Waals surface area contributed by atoms with Gasteiger partial charge in [0.1, 0.15) is 0 Å². The summed E-state index contributed by atoms with van der Waals surface area (Å²) in [6.07, 6.45) is 3.37. The lowest BCUT2D eigenvalue weighted by Gasteiger charge is -2.36. The zero-order chi connectivity index (χ0) is 23.5. The summed E-state index contributed by atoms with van der Waals surface area (Å²) < 4.78 is 1.86. The van der Waals surface area contributed by atoms with E-state index in [4.69, 9.17) is 0 Å². The van der Waals surface area contributed by atoms with Crippen molar-refractivity contribution in [2.24, 2.45) is 0 Å². The van der Waals surface area contributed by atoms with Crippen molar-refractivity contribution in [3.05, 3.63) is 84.2 Å². The molecule has 0 radical (unpaired) electrons. The second-order valence-corrected chi connectivity index (χ2v) is 9.07. The summed E-state index contributed by atoms with van der Waals surface area (Å²) in [5.41, 5.74) is 4.63. The van der Waals surface area contributed by atoms with E-state index in [1.807, 2.05) is 22.9 Å². The third-order valence-corrected chi connectivity index (χ3v) is 6.30. The number of nitrogens with zero attached hydrogens (tertiary/aromatic N) is 5. The largest absolute Gasteiger partial charge is 0.369 e. The average Bonchev–Trinajstić information content (AvgIpc) is 3.29. The fourth-order valence-corrected chi connectivity index (χ4v) is 4.41. The van der Waals surface area contributed by atoms with Crippen molar-refractivity contribution in [1.29, 1.82) is 0 Å². The van der Waals surface area contributed by atoms with Gasteiger partial charge in [0, 0.05) is 61.7 Å². The molecule has 1 saturated heterocycles. The van der Waals surface area contributed by atoms with Crippen LogP contribution in [0.15, 0.2) is 73.1 Å².